The Balaban J connectivity index is 2.57. The van der Waals surface area contributed by atoms with Crippen LogP contribution >= 0.6 is 0 Å². The van der Waals surface area contributed by atoms with Crippen molar-refractivity contribution >= 4 is 16.2 Å². The van der Waals surface area contributed by atoms with Crippen molar-refractivity contribution in [2.75, 3.05) is 0 Å². The van der Waals surface area contributed by atoms with Crippen LogP contribution in [0.3, 0.4) is 0 Å². The average Bonchev–Trinajstić information content (AvgIpc) is 2.15. The molecular formula is C10H9O3S. The molecule has 0 heterocycles. The molecule has 1 N–H and O–H groups in total. The maximum atomic E-state index is 11.1. The largest absolute Gasteiger partial charge is 0.285 e. The topological polar surface area (TPSA) is 54.4 Å². The lowest BCUT2D eigenvalue weighted by Gasteiger charge is -2.18. The summed E-state index contributed by atoms with van der Waals surface area (Å²) in [5, 5.41) is -0.833. The number of benzene rings is 1. The van der Waals surface area contributed by atoms with Gasteiger partial charge in [0.25, 0.3) is 10.1 Å². The van der Waals surface area contributed by atoms with Crippen molar-refractivity contribution in [1.82, 2.24) is 0 Å². The molecule has 0 amide bonds. The van der Waals surface area contributed by atoms with E-state index in [1.807, 2.05) is 6.08 Å². The van der Waals surface area contributed by atoms with Crippen molar-refractivity contribution in [2.45, 2.75) is 11.7 Å². The molecule has 0 fully saturated rings. The molecule has 1 unspecified atom stereocenters. The molecule has 73 valence electrons. The average molecular weight is 209 g/mol. The van der Waals surface area contributed by atoms with Crippen LogP contribution in [0.15, 0.2) is 24.3 Å². The quantitative estimate of drug-likeness (QED) is 0.718. The second-order valence-electron chi connectivity index (χ2n) is 3.18. The number of hydrogen-bond acceptors (Lipinski definition) is 2. The van der Waals surface area contributed by atoms with E-state index in [0.29, 0.717) is 12.0 Å². The van der Waals surface area contributed by atoms with Crippen LogP contribution < -0.4 is 0 Å². The minimum absolute atomic E-state index is 0.323. The predicted molar refractivity (Wildman–Crippen MR) is 53.2 cm³/mol. The molecule has 3 nitrogen and oxygen atoms in total. The molecule has 1 radical (unpaired) electrons. The normalized spacial score (nSPS) is 20.5. The van der Waals surface area contributed by atoms with Crippen LogP contribution in [0.25, 0.3) is 6.08 Å². The van der Waals surface area contributed by atoms with Crippen molar-refractivity contribution in [3.8, 4) is 0 Å². The van der Waals surface area contributed by atoms with Gasteiger partial charge in [0.2, 0.25) is 0 Å². The van der Waals surface area contributed by atoms with Crippen LogP contribution in [0.2, 0.25) is 0 Å². The van der Waals surface area contributed by atoms with Gasteiger partial charge in [-0.25, -0.2) is 0 Å². The van der Waals surface area contributed by atoms with Crippen LogP contribution in [0.1, 0.15) is 22.8 Å². The first-order valence-electron chi connectivity index (χ1n) is 4.22. The van der Waals surface area contributed by atoms with Crippen LogP contribution in [-0.4, -0.2) is 13.0 Å². The summed E-state index contributed by atoms with van der Waals surface area (Å²) in [7, 11) is -4.01. The Hall–Kier alpha value is -1.13. The molecule has 1 aromatic rings. The van der Waals surface area contributed by atoms with Gasteiger partial charge in [-0.15, -0.1) is 0 Å². The van der Waals surface area contributed by atoms with E-state index >= 15 is 0 Å². The third-order valence-electron chi connectivity index (χ3n) is 2.26. The molecule has 2 rings (SSSR count). The van der Waals surface area contributed by atoms with Gasteiger partial charge < -0.3 is 0 Å². The first kappa shape index (κ1) is 9.43. The number of rotatable bonds is 1. The van der Waals surface area contributed by atoms with E-state index in [1.54, 1.807) is 24.3 Å². The Morgan fingerprint density at radius 1 is 1.50 bits per heavy atom. The van der Waals surface area contributed by atoms with Crippen LogP contribution in [-0.2, 0) is 10.1 Å². The molecule has 0 saturated heterocycles. The number of allylic oxidation sites excluding steroid dienone is 1. The van der Waals surface area contributed by atoms with Crippen LogP contribution in [0.4, 0.5) is 0 Å². The summed E-state index contributed by atoms with van der Waals surface area (Å²) >= 11 is 0. The van der Waals surface area contributed by atoms with E-state index in [2.05, 4.69) is 6.07 Å². The summed E-state index contributed by atoms with van der Waals surface area (Å²) in [6.45, 7) is 0. The lowest BCUT2D eigenvalue weighted by molar-refractivity contribution is 0.468. The highest BCUT2D eigenvalue weighted by atomic mass is 32.2. The van der Waals surface area contributed by atoms with E-state index in [9.17, 15) is 8.42 Å². The van der Waals surface area contributed by atoms with Gasteiger partial charge >= 0.3 is 0 Å². The van der Waals surface area contributed by atoms with Crippen molar-refractivity contribution in [3.05, 3.63) is 41.5 Å². The molecular weight excluding hydrogens is 200 g/mol. The SMILES string of the molecule is O=S(=O)(O)C1CC=Cc2[c]cccc21. The summed E-state index contributed by atoms with van der Waals surface area (Å²) in [4.78, 5) is 0. The highest BCUT2D eigenvalue weighted by Crippen LogP contribution is 2.32. The van der Waals surface area contributed by atoms with Gasteiger partial charge in [0.05, 0.1) is 0 Å². The van der Waals surface area contributed by atoms with Crippen LogP contribution in [0, 0.1) is 6.07 Å². The molecule has 0 aliphatic heterocycles. The molecule has 1 aliphatic carbocycles. The second kappa shape index (κ2) is 3.22. The van der Waals surface area contributed by atoms with E-state index in [1.165, 1.54) is 0 Å². The minimum Gasteiger partial charge on any atom is -0.285 e. The number of fused-ring (bicyclic) bond motifs is 1. The third-order valence-corrected chi connectivity index (χ3v) is 3.43. The van der Waals surface area contributed by atoms with Crippen molar-refractivity contribution in [1.29, 1.82) is 0 Å². The van der Waals surface area contributed by atoms with Crippen molar-refractivity contribution < 1.29 is 13.0 Å². The Labute approximate surface area is 82.8 Å². The first-order valence-corrected chi connectivity index (χ1v) is 5.73. The molecule has 1 aromatic carbocycles. The van der Waals surface area contributed by atoms with Crippen molar-refractivity contribution in [3.63, 3.8) is 0 Å². The highest BCUT2D eigenvalue weighted by molar-refractivity contribution is 7.86. The van der Waals surface area contributed by atoms with E-state index in [0.717, 1.165) is 5.56 Å². The summed E-state index contributed by atoms with van der Waals surface area (Å²) in [5.41, 5.74) is 1.36. The number of hydrogen-bond donors (Lipinski definition) is 1. The maximum Gasteiger partial charge on any atom is 0.272 e. The molecule has 1 aliphatic rings. The summed E-state index contributed by atoms with van der Waals surface area (Å²) in [6, 6.07) is 8.07. The summed E-state index contributed by atoms with van der Waals surface area (Å²) < 4.78 is 31.1. The Morgan fingerprint density at radius 2 is 2.29 bits per heavy atom. The Morgan fingerprint density at radius 3 is 3.00 bits per heavy atom. The van der Waals surface area contributed by atoms with Gasteiger partial charge in [-0.05, 0) is 23.6 Å². The summed E-state index contributed by atoms with van der Waals surface area (Å²) in [5.74, 6) is 0. The van der Waals surface area contributed by atoms with E-state index < -0.39 is 15.4 Å². The standard InChI is InChI=1S/C10H9O3S/c11-14(12,13)10-7-3-5-8-4-1-2-6-9(8)10/h1-3,5-6,10H,7H2,(H,11,12,13). The van der Waals surface area contributed by atoms with E-state index in [4.69, 9.17) is 4.55 Å². The van der Waals surface area contributed by atoms with Crippen molar-refractivity contribution in [2.24, 2.45) is 0 Å². The predicted octanol–water partition coefficient (Wildman–Crippen LogP) is 1.83. The molecule has 0 aromatic heterocycles. The molecule has 0 saturated carbocycles. The second-order valence-corrected chi connectivity index (χ2v) is 4.78. The lowest BCUT2D eigenvalue weighted by atomic mass is 9.97. The van der Waals surface area contributed by atoms with Gasteiger partial charge in [0, 0.05) is 0 Å². The fraction of sp³-hybridized carbons (Fsp3) is 0.200. The van der Waals surface area contributed by atoms with Gasteiger partial charge in [-0.2, -0.15) is 8.42 Å². The van der Waals surface area contributed by atoms with Crippen LogP contribution in [0.5, 0.6) is 0 Å². The third kappa shape index (κ3) is 1.58. The Kier molecular flexibility index (Phi) is 2.17. The fourth-order valence-electron chi connectivity index (χ4n) is 1.61. The van der Waals surface area contributed by atoms with E-state index in [-0.39, 0.29) is 0 Å². The van der Waals surface area contributed by atoms with Gasteiger partial charge in [0.15, 0.2) is 0 Å². The zero-order valence-corrected chi connectivity index (χ0v) is 8.16. The molecule has 1 atom stereocenters. The smallest absolute Gasteiger partial charge is 0.272 e. The molecule has 4 heteroatoms. The molecule has 0 spiro atoms. The summed E-state index contributed by atoms with van der Waals surface area (Å²) in [6.07, 6.45) is 3.87. The minimum atomic E-state index is -4.01. The Bertz CT molecular complexity index is 474. The monoisotopic (exact) mass is 209 g/mol. The lowest BCUT2D eigenvalue weighted by Crippen LogP contribution is -2.14. The molecule has 14 heavy (non-hydrogen) atoms. The van der Waals surface area contributed by atoms with Gasteiger partial charge in [-0.3, -0.25) is 4.55 Å². The van der Waals surface area contributed by atoms with Gasteiger partial charge in [-0.1, -0.05) is 30.4 Å². The fourth-order valence-corrected chi connectivity index (χ4v) is 2.49. The van der Waals surface area contributed by atoms with Gasteiger partial charge in [0.1, 0.15) is 5.25 Å². The zero-order valence-electron chi connectivity index (χ0n) is 7.34. The maximum absolute atomic E-state index is 11.1. The molecule has 0 bridgehead atoms. The highest BCUT2D eigenvalue weighted by Gasteiger charge is 2.27. The zero-order chi connectivity index (χ0) is 10.2. The first-order chi connectivity index (χ1) is 6.59.